The van der Waals surface area contributed by atoms with Crippen LogP contribution in [-0.2, 0) is 10.2 Å². The zero-order valence-electron chi connectivity index (χ0n) is 16.9. The highest BCUT2D eigenvalue weighted by Crippen LogP contribution is 2.45. The molecule has 0 saturated carbocycles. The van der Waals surface area contributed by atoms with E-state index in [1.165, 1.54) is 11.1 Å². The lowest BCUT2D eigenvalue weighted by atomic mass is 9.72. The van der Waals surface area contributed by atoms with Crippen LogP contribution in [0, 0.1) is 0 Å². The third-order valence-corrected chi connectivity index (χ3v) is 6.16. The van der Waals surface area contributed by atoms with Crippen molar-refractivity contribution in [3.8, 4) is 0 Å². The van der Waals surface area contributed by atoms with Gasteiger partial charge in [-0.05, 0) is 35.4 Å². The minimum absolute atomic E-state index is 0.462. The average Bonchev–Trinajstić information content (AvgIpc) is 2.86. The molecule has 0 saturated heterocycles. The van der Waals surface area contributed by atoms with Gasteiger partial charge in [0.1, 0.15) is 11.5 Å². The van der Waals surface area contributed by atoms with Crippen molar-refractivity contribution in [2.75, 3.05) is 0 Å². The first-order valence-corrected chi connectivity index (χ1v) is 11.1. The van der Waals surface area contributed by atoms with Crippen LogP contribution < -0.4 is 0 Å². The van der Waals surface area contributed by atoms with Crippen molar-refractivity contribution in [3.05, 3.63) is 154 Å². The zero-order valence-corrected chi connectivity index (χ0v) is 18.5. The van der Waals surface area contributed by atoms with Crippen LogP contribution in [0.25, 0.3) is 11.5 Å². The molecule has 4 aromatic carbocycles. The molecule has 0 fully saturated rings. The van der Waals surface area contributed by atoms with Crippen LogP contribution in [0.5, 0.6) is 0 Å². The molecule has 0 N–H and O–H groups in total. The maximum Gasteiger partial charge on any atom is 0.132 e. The van der Waals surface area contributed by atoms with E-state index in [4.69, 9.17) is 4.74 Å². The number of allylic oxidation sites excluding steroid dienone is 2. The fourth-order valence-corrected chi connectivity index (χ4v) is 4.33. The topological polar surface area (TPSA) is 9.23 Å². The first-order valence-electron chi connectivity index (χ1n) is 10.3. The summed E-state index contributed by atoms with van der Waals surface area (Å²) in [6.07, 6.45) is 4.49. The molecule has 0 atom stereocenters. The van der Waals surface area contributed by atoms with Crippen LogP contribution in [0.15, 0.2) is 132 Å². The second-order valence-corrected chi connectivity index (χ2v) is 8.51. The van der Waals surface area contributed by atoms with Crippen LogP contribution in [0.2, 0.25) is 0 Å². The minimum atomic E-state index is -0.462. The van der Waals surface area contributed by atoms with E-state index in [1.807, 2.05) is 36.4 Å². The number of rotatable bonds is 4. The number of halogens is 1. The van der Waals surface area contributed by atoms with Crippen LogP contribution in [0.4, 0.5) is 0 Å². The average molecular weight is 465 g/mol. The first-order chi connectivity index (χ1) is 15.2. The molecule has 0 spiro atoms. The molecule has 1 aliphatic heterocycles. The standard InChI is InChI=1S/C29H21BrO/c30-26-18-16-25(17-19-26)29(24-14-8-3-9-15-24)20-27(22-10-4-1-5-11-22)31-28(21-29)23-12-6-2-7-13-23/h1-21H. The van der Waals surface area contributed by atoms with E-state index in [2.05, 4.69) is 107 Å². The van der Waals surface area contributed by atoms with E-state index >= 15 is 0 Å². The second-order valence-electron chi connectivity index (χ2n) is 7.59. The van der Waals surface area contributed by atoms with E-state index in [0.717, 1.165) is 27.1 Å². The van der Waals surface area contributed by atoms with Crippen molar-refractivity contribution in [2.45, 2.75) is 5.41 Å². The Hall–Kier alpha value is -3.36. The maximum atomic E-state index is 6.49. The summed E-state index contributed by atoms with van der Waals surface area (Å²) < 4.78 is 7.55. The molecule has 0 bridgehead atoms. The molecule has 150 valence electrons. The van der Waals surface area contributed by atoms with E-state index in [-0.39, 0.29) is 0 Å². The number of ether oxygens (including phenoxy) is 1. The van der Waals surface area contributed by atoms with Crippen LogP contribution >= 0.6 is 15.9 Å². The Morgan fingerprint density at radius 1 is 0.484 bits per heavy atom. The van der Waals surface area contributed by atoms with Gasteiger partial charge < -0.3 is 4.74 Å². The van der Waals surface area contributed by atoms with Gasteiger partial charge in [0, 0.05) is 15.6 Å². The van der Waals surface area contributed by atoms with Crippen molar-refractivity contribution in [2.24, 2.45) is 0 Å². The highest BCUT2D eigenvalue weighted by Gasteiger charge is 2.35. The lowest BCUT2D eigenvalue weighted by Gasteiger charge is -2.34. The fraction of sp³-hybridized carbons (Fsp3) is 0.0345. The van der Waals surface area contributed by atoms with Gasteiger partial charge in [-0.3, -0.25) is 0 Å². The molecule has 1 nitrogen and oxygen atoms in total. The van der Waals surface area contributed by atoms with Crippen LogP contribution in [0.3, 0.4) is 0 Å². The van der Waals surface area contributed by atoms with Crippen molar-refractivity contribution < 1.29 is 4.74 Å². The molecular formula is C29H21BrO. The third kappa shape index (κ3) is 3.87. The molecule has 0 amide bonds. The van der Waals surface area contributed by atoms with Crippen molar-refractivity contribution in [1.29, 1.82) is 0 Å². The Kier molecular flexibility index (Phi) is 5.31. The first kappa shape index (κ1) is 19.6. The highest BCUT2D eigenvalue weighted by molar-refractivity contribution is 9.10. The fourth-order valence-electron chi connectivity index (χ4n) is 4.06. The Bertz CT molecular complexity index is 1170. The predicted molar refractivity (Wildman–Crippen MR) is 131 cm³/mol. The van der Waals surface area contributed by atoms with Crippen LogP contribution in [0.1, 0.15) is 22.3 Å². The van der Waals surface area contributed by atoms with E-state index in [1.54, 1.807) is 0 Å². The summed E-state index contributed by atoms with van der Waals surface area (Å²) in [5.74, 6) is 1.71. The largest absolute Gasteiger partial charge is 0.457 e. The number of hydrogen-bond acceptors (Lipinski definition) is 1. The van der Waals surface area contributed by atoms with Gasteiger partial charge in [-0.15, -0.1) is 0 Å². The van der Waals surface area contributed by atoms with Crippen molar-refractivity contribution >= 4 is 27.4 Å². The zero-order chi connectivity index (χ0) is 21.1. The van der Waals surface area contributed by atoms with E-state index < -0.39 is 5.41 Å². The Balaban J connectivity index is 1.80. The van der Waals surface area contributed by atoms with Gasteiger partial charge in [0.25, 0.3) is 0 Å². The smallest absolute Gasteiger partial charge is 0.132 e. The normalized spacial score (nSPS) is 14.9. The van der Waals surface area contributed by atoms with Gasteiger partial charge >= 0.3 is 0 Å². The molecule has 5 rings (SSSR count). The molecule has 0 aliphatic carbocycles. The summed E-state index contributed by atoms with van der Waals surface area (Å²) >= 11 is 3.58. The Morgan fingerprint density at radius 2 is 0.903 bits per heavy atom. The second kappa shape index (κ2) is 8.41. The van der Waals surface area contributed by atoms with Crippen molar-refractivity contribution in [1.82, 2.24) is 0 Å². The molecule has 0 aromatic heterocycles. The van der Waals surface area contributed by atoms with E-state index in [9.17, 15) is 0 Å². The molecule has 1 heterocycles. The lowest BCUT2D eigenvalue weighted by Crippen LogP contribution is -2.26. The van der Waals surface area contributed by atoms with Gasteiger partial charge in [-0.2, -0.15) is 0 Å². The van der Waals surface area contributed by atoms with Gasteiger partial charge in [0.2, 0.25) is 0 Å². The maximum absolute atomic E-state index is 6.49. The van der Waals surface area contributed by atoms with Crippen LogP contribution in [-0.4, -0.2) is 0 Å². The molecule has 2 heteroatoms. The van der Waals surface area contributed by atoms with Crippen molar-refractivity contribution in [3.63, 3.8) is 0 Å². The molecule has 1 aliphatic rings. The summed E-state index contributed by atoms with van der Waals surface area (Å²) in [5.41, 5.74) is 4.04. The summed E-state index contributed by atoms with van der Waals surface area (Å²) in [5, 5.41) is 0. The van der Waals surface area contributed by atoms with Gasteiger partial charge in [0.05, 0.1) is 5.41 Å². The van der Waals surface area contributed by atoms with Gasteiger partial charge in [-0.25, -0.2) is 0 Å². The SMILES string of the molecule is Brc1ccc(C2(c3ccccc3)C=C(c3ccccc3)OC(c3ccccc3)=C2)cc1. The third-order valence-electron chi connectivity index (χ3n) is 5.63. The quantitative estimate of drug-likeness (QED) is 0.298. The molecular weight excluding hydrogens is 444 g/mol. The minimum Gasteiger partial charge on any atom is -0.457 e. The summed E-state index contributed by atoms with van der Waals surface area (Å²) in [7, 11) is 0. The molecule has 31 heavy (non-hydrogen) atoms. The molecule has 0 unspecified atom stereocenters. The lowest BCUT2D eigenvalue weighted by molar-refractivity contribution is 0.450. The predicted octanol–water partition coefficient (Wildman–Crippen LogP) is 7.85. The Labute approximate surface area is 191 Å². The monoisotopic (exact) mass is 464 g/mol. The summed E-state index contributed by atoms with van der Waals surface area (Å²) in [4.78, 5) is 0. The molecule has 0 radical (unpaired) electrons. The Morgan fingerprint density at radius 3 is 1.39 bits per heavy atom. The summed E-state index contributed by atoms with van der Waals surface area (Å²) in [6.45, 7) is 0. The summed E-state index contributed by atoms with van der Waals surface area (Å²) in [6, 6.07) is 39.8. The van der Waals surface area contributed by atoms with E-state index in [0.29, 0.717) is 0 Å². The number of hydrogen-bond donors (Lipinski definition) is 0. The number of benzene rings is 4. The molecule has 4 aromatic rings. The van der Waals surface area contributed by atoms with Gasteiger partial charge in [-0.1, -0.05) is 119 Å². The highest BCUT2D eigenvalue weighted by atomic mass is 79.9. The van der Waals surface area contributed by atoms with Gasteiger partial charge in [0.15, 0.2) is 0 Å².